The number of rotatable bonds is 9. The Hall–Kier alpha value is -2.38. The van der Waals surface area contributed by atoms with Crippen molar-refractivity contribution in [2.24, 2.45) is 0 Å². The molecule has 1 fully saturated rings. The quantitative estimate of drug-likeness (QED) is 0.333. The van der Waals surface area contributed by atoms with Gasteiger partial charge in [0.15, 0.2) is 0 Å². The number of nitrogens with two attached hydrogens (primary N) is 1. The van der Waals surface area contributed by atoms with E-state index in [2.05, 4.69) is 39.0 Å². The number of ketones is 1. The molecule has 1 saturated heterocycles. The first-order chi connectivity index (χ1) is 16.1. The molecular formula is C24H28AsN4O3S. The van der Waals surface area contributed by atoms with Crippen molar-refractivity contribution >= 4 is 52.5 Å². The molecule has 7 nitrogen and oxygen atoms in total. The molecule has 0 saturated carbocycles. The van der Waals surface area contributed by atoms with Crippen LogP contribution in [-0.4, -0.2) is 85.0 Å². The molecule has 1 radical (unpaired) electrons. The molecule has 173 valence electrons. The molecule has 0 spiro atoms. The van der Waals surface area contributed by atoms with Crippen LogP contribution in [0.5, 0.6) is 5.75 Å². The van der Waals surface area contributed by atoms with Gasteiger partial charge in [0, 0.05) is 0 Å². The standard InChI is InChI=1S/C24H28AsN4O3S/c1-31-15-14-28-10-12-29(13-11-28)19-8-6-18(7-9-19)25-24-27-23(26)22(33-24)21(30)17-4-3-5-20(16-17)32-2/h3-9,16H,10-15,26H2,1-2H3. The molecule has 1 aromatic heterocycles. The van der Waals surface area contributed by atoms with Crippen molar-refractivity contribution in [3.63, 3.8) is 0 Å². The number of nitrogen functional groups attached to an aromatic ring is 1. The summed E-state index contributed by atoms with van der Waals surface area (Å²) in [6.07, 6.45) is 0. The molecule has 2 aromatic carbocycles. The number of aromatic nitrogens is 1. The van der Waals surface area contributed by atoms with Crippen LogP contribution in [0.1, 0.15) is 15.2 Å². The molecule has 3 aromatic rings. The van der Waals surface area contributed by atoms with Gasteiger partial charge in [-0.05, 0) is 0 Å². The molecular weight excluding hydrogens is 499 g/mol. The summed E-state index contributed by atoms with van der Waals surface area (Å²) in [5.74, 6) is 0.837. The molecule has 0 unspecified atom stereocenters. The van der Waals surface area contributed by atoms with Gasteiger partial charge in [-0.25, -0.2) is 0 Å². The number of hydrogen-bond acceptors (Lipinski definition) is 8. The Bertz CT molecular complexity index is 1080. The average molecular weight is 528 g/mol. The van der Waals surface area contributed by atoms with Crippen molar-refractivity contribution < 1.29 is 14.3 Å². The molecule has 0 bridgehead atoms. The topological polar surface area (TPSA) is 80.9 Å². The van der Waals surface area contributed by atoms with Crippen LogP contribution in [0.25, 0.3) is 0 Å². The summed E-state index contributed by atoms with van der Waals surface area (Å²) in [6.45, 7) is 5.93. The number of ether oxygens (including phenoxy) is 2. The fraction of sp³-hybridized carbons (Fsp3) is 0.333. The molecule has 0 aliphatic carbocycles. The minimum absolute atomic E-state index is 0.115. The fourth-order valence-corrected chi connectivity index (χ4v) is 7.29. The van der Waals surface area contributed by atoms with Gasteiger partial charge >= 0.3 is 206 Å². The number of thiazole rings is 1. The summed E-state index contributed by atoms with van der Waals surface area (Å²) in [5, 5.41) is 0. The number of piperazine rings is 1. The summed E-state index contributed by atoms with van der Waals surface area (Å²) < 4.78 is 12.6. The Kier molecular flexibility index (Phi) is 8.04. The van der Waals surface area contributed by atoms with Crippen LogP contribution < -0.4 is 23.5 Å². The Balaban J connectivity index is 1.38. The second-order valence-electron chi connectivity index (χ2n) is 7.72. The van der Waals surface area contributed by atoms with Gasteiger partial charge in [-0.2, -0.15) is 0 Å². The predicted molar refractivity (Wildman–Crippen MR) is 135 cm³/mol. The van der Waals surface area contributed by atoms with E-state index in [4.69, 9.17) is 15.2 Å². The predicted octanol–water partition coefficient (Wildman–Crippen LogP) is 1.39. The monoisotopic (exact) mass is 527 g/mol. The Morgan fingerprint density at radius 3 is 2.58 bits per heavy atom. The zero-order chi connectivity index (χ0) is 23.2. The van der Waals surface area contributed by atoms with Crippen molar-refractivity contribution in [1.29, 1.82) is 0 Å². The maximum atomic E-state index is 12.9. The molecule has 0 atom stereocenters. The second-order valence-corrected chi connectivity index (χ2v) is 11.8. The van der Waals surface area contributed by atoms with E-state index in [0.29, 0.717) is 22.0 Å². The normalized spacial score (nSPS) is 14.8. The number of benzene rings is 2. The van der Waals surface area contributed by atoms with Crippen molar-refractivity contribution in [1.82, 2.24) is 9.88 Å². The van der Waals surface area contributed by atoms with Gasteiger partial charge < -0.3 is 0 Å². The molecule has 33 heavy (non-hydrogen) atoms. The van der Waals surface area contributed by atoms with E-state index in [1.54, 1.807) is 32.4 Å². The van der Waals surface area contributed by atoms with Crippen LogP contribution in [0.2, 0.25) is 0 Å². The molecule has 0 amide bonds. The second kappa shape index (κ2) is 11.2. The summed E-state index contributed by atoms with van der Waals surface area (Å²) in [5.41, 5.74) is 7.91. The van der Waals surface area contributed by atoms with E-state index in [0.717, 1.165) is 43.1 Å². The van der Waals surface area contributed by atoms with Gasteiger partial charge in [-0.3, -0.25) is 0 Å². The first-order valence-corrected chi connectivity index (χ1v) is 13.5. The summed E-state index contributed by atoms with van der Waals surface area (Å²) in [7, 11) is 3.33. The Labute approximate surface area is 205 Å². The fourth-order valence-electron chi connectivity index (χ4n) is 3.72. The SMILES string of the molecule is COCCN1CCN(c2ccc([As]c3nc(N)c(C(=O)c4cccc(OC)c4)s3)cc2)CC1. The van der Waals surface area contributed by atoms with Gasteiger partial charge in [-0.15, -0.1) is 0 Å². The zero-order valence-corrected chi connectivity index (χ0v) is 21.6. The van der Waals surface area contributed by atoms with Gasteiger partial charge in [0.1, 0.15) is 0 Å². The van der Waals surface area contributed by atoms with E-state index in [9.17, 15) is 4.79 Å². The molecule has 2 N–H and O–H groups in total. The van der Waals surface area contributed by atoms with E-state index in [1.165, 1.54) is 21.4 Å². The van der Waals surface area contributed by atoms with Crippen LogP contribution >= 0.6 is 11.3 Å². The molecule has 2 heterocycles. The third-order valence-electron chi connectivity index (χ3n) is 5.60. The van der Waals surface area contributed by atoms with Crippen LogP contribution in [0.4, 0.5) is 11.5 Å². The minimum atomic E-state index is -0.338. The Morgan fingerprint density at radius 2 is 1.88 bits per heavy atom. The van der Waals surface area contributed by atoms with Crippen LogP contribution in [-0.2, 0) is 4.74 Å². The first kappa shape index (κ1) is 23.8. The average Bonchev–Trinajstić information content (AvgIpc) is 3.22. The van der Waals surface area contributed by atoms with E-state index >= 15 is 0 Å². The third kappa shape index (κ3) is 5.95. The molecule has 9 heteroatoms. The van der Waals surface area contributed by atoms with Crippen molar-refractivity contribution in [2.45, 2.75) is 0 Å². The number of nitrogens with zero attached hydrogens (tertiary/aromatic N) is 3. The summed E-state index contributed by atoms with van der Waals surface area (Å²) >= 11 is 1.06. The van der Waals surface area contributed by atoms with Gasteiger partial charge in [0.25, 0.3) is 0 Å². The molecule has 1 aliphatic heterocycles. The van der Waals surface area contributed by atoms with E-state index in [-0.39, 0.29) is 21.5 Å². The van der Waals surface area contributed by atoms with Gasteiger partial charge in [0.05, 0.1) is 0 Å². The van der Waals surface area contributed by atoms with Crippen LogP contribution in [0, 0.1) is 0 Å². The molecule has 1 aliphatic rings. The van der Waals surface area contributed by atoms with E-state index < -0.39 is 0 Å². The molecule has 4 rings (SSSR count). The summed E-state index contributed by atoms with van der Waals surface area (Å²) in [6, 6.07) is 15.8. The van der Waals surface area contributed by atoms with E-state index in [1.807, 2.05) is 6.07 Å². The van der Waals surface area contributed by atoms with Gasteiger partial charge in [0.2, 0.25) is 0 Å². The third-order valence-corrected chi connectivity index (χ3v) is 9.30. The maximum absolute atomic E-state index is 12.9. The first-order valence-electron chi connectivity index (χ1n) is 10.8. The van der Waals surface area contributed by atoms with Crippen LogP contribution in [0.15, 0.2) is 48.5 Å². The number of hydrogen-bond donors (Lipinski definition) is 1. The number of anilines is 2. The zero-order valence-electron chi connectivity index (χ0n) is 18.9. The van der Waals surface area contributed by atoms with Crippen molar-refractivity contribution in [3.8, 4) is 5.75 Å². The Morgan fingerprint density at radius 1 is 1.12 bits per heavy atom. The number of methoxy groups -OCH3 is 2. The number of carbonyl (C=O) groups excluding carboxylic acids is 1. The van der Waals surface area contributed by atoms with Crippen molar-refractivity contribution in [3.05, 3.63) is 59.0 Å². The van der Waals surface area contributed by atoms with Crippen molar-refractivity contribution in [2.75, 3.05) is 64.2 Å². The number of carbonyl (C=O) groups is 1. The van der Waals surface area contributed by atoms with Crippen LogP contribution in [0.3, 0.4) is 0 Å². The van der Waals surface area contributed by atoms with Gasteiger partial charge in [-0.1, -0.05) is 0 Å². The summed E-state index contributed by atoms with van der Waals surface area (Å²) in [4.78, 5) is 22.8.